The maximum atomic E-state index is 12.4. The quantitative estimate of drug-likeness (QED) is 0.810. The van der Waals surface area contributed by atoms with Crippen LogP contribution in [0.4, 0.5) is 5.69 Å². The maximum absolute atomic E-state index is 12.4. The Labute approximate surface area is 143 Å². The summed E-state index contributed by atoms with van der Waals surface area (Å²) in [6.07, 6.45) is 0.465. The van der Waals surface area contributed by atoms with Crippen LogP contribution in [0.1, 0.15) is 24.5 Å². The van der Waals surface area contributed by atoms with E-state index < -0.39 is 0 Å². The first-order valence-electron chi connectivity index (χ1n) is 7.92. The van der Waals surface area contributed by atoms with E-state index in [9.17, 15) is 4.79 Å². The summed E-state index contributed by atoms with van der Waals surface area (Å²) in [5.41, 5.74) is 3.15. The second-order valence-corrected chi connectivity index (χ2v) is 5.89. The van der Waals surface area contributed by atoms with Gasteiger partial charge < -0.3 is 10.2 Å². The highest BCUT2D eigenvalue weighted by molar-refractivity contribution is 6.31. The third-order valence-electron chi connectivity index (χ3n) is 3.87. The lowest BCUT2D eigenvalue weighted by atomic mass is 10.2. The van der Waals surface area contributed by atoms with Crippen LogP contribution in [0, 0.1) is 6.92 Å². The minimum absolute atomic E-state index is 0.156. The average Bonchev–Trinajstić information content (AvgIpc) is 2.57. The van der Waals surface area contributed by atoms with Crippen LogP contribution in [0.25, 0.3) is 0 Å². The van der Waals surface area contributed by atoms with Gasteiger partial charge >= 0.3 is 0 Å². The molecule has 0 aromatic heterocycles. The number of carbonyl (C=O) groups excluding carboxylic acids is 1. The van der Waals surface area contributed by atoms with Crippen LogP contribution in [-0.2, 0) is 11.3 Å². The Morgan fingerprint density at radius 1 is 1.13 bits per heavy atom. The molecule has 0 aliphatic rings. The summed E-state index contributed by atoms with van der Waals surface area (Å²) in [5.74, 6) is 0.156. The van der Waals surface area contributed by atoms with Crippen molar-refractivity contribution in [1.82, 2.24) is 4.90 Å². The Hall–Kier alpha value is -2.00. The molecule has 2 aromatic carbocycles. The summed E-state index contributed by atoms with van der Waals surface area (Å²) >= 11 is 6.10. The number of hydrogen-bond donors (Lipinski definition) is 1. The van der Waals surface area contributed by atoms with Crippen LogP contribution in [0.5, 0.6) is 0 Å². The smallest absolute Gasteiger partial charge is 0.224 e. The van der Waals surface area contributed by atoms with E-state index >= 15 is 0 Å². The molecular weight excluding hydrogens is 308 g/mol. The number of nitrogens with zero attached hydrogens (tertiary/aromatic N) is 1. The van der Waals surface area contributed by atoms with Gasteiger partial charge in [0, 0.05) is 36.8 Å². The van der Waals surface area contributed by atoms with E-state index in [1.807, 2.05) is 67.3 Å². The molecule has 2 rings (SSSR count). The second-order valence-electron chi connectivity index (χ2n) is 5.48. The molecule has 0 spiro atoms. The van der Waals surface area contributed by atoms with E-state index in [0.717, 1.165) is 21.8 Å². The summed E-state index contributed by atoms with van der Waals surface area (Å²) in [4.78, 5) is 14.3. The molecule has 0 saturated carbocycles. The Morgan fingerprint density at radius 2 is 1.87 bits per heavy atom. The molecule has 3 nitrogen and oxygen atoms in total. The summed E-state index contributed by atoms with van der Waals surface area (Å²) < 4.78 is 0. The molecule has 1 amide bonds. The first-order valence-corrected chi connectivity index (χ1v) is 8.30. The van der Waals surface area contributed by atoms with E-state index in [2.05, 4.69) is 5.32 Å². The van der Waals surface area contributed by atoms with E-state index in [-0.39, 0.29) is 5.91 Å². The van der Waals surface area contributed by atoms with Crippen LogP contribution in [-0.4, -0.2) is 23.9 Å². The number of benzene rings is 2. The van der Waals surface area contributed by atoms with Gasteiger partial charge in [0.25, 0.3) is 0 Å². The van der Waals surface area contributed by atoms with Crippen molar-refractivity contribution in [2.75, 3.05) is 18.4 Å². The van der Waals surface area contributed by atoms with Gasteiger partial charge in [0.1, 0.15) is 0 Å². The van der Waals surface area contributed by atoms with Crippen molar-refractivity contribution in [3.05, 3.63) is 64.7 Å². The van der Waals surface area contributed by atoms with E-state index in [0.29, 0.717) is 26.1 Å². The second kappa shape index (κ2) is 8.59. The highest BCUT2D eigenvalue weighted by Crippen LogP contribution is 2.22. The predicted molar refractivity (Wildman–Crippen MR) is 96.8 cm³/mol. The Balaban J connectivity index is 1.86. The molecule has 0 saturated heterocycles. The van der Waals surface area contributed by atoms with Gasteiger partial charge in [0.2, 0.25) is 5.91 Å². The van der Waals surface area contributed by atoms with E-state index in [4.69, 9.17) is 11.6 Å². The van der Waals surface area contributed by atoms with E-state index in [1.54, 1.807) is 0 Å². The van der Waals surface area contributed by atoms with Crippen molar-refractivity contribution in [2.45, 2.75) is 26.8 Å². The van der Waals surface area contributed by atoms with Gasteiger partial charge in [-0.3, -0.25) is 4.79 Å². The molecule has 23 heavy (non-hydrogen) atoms. The van der Waals surface area contributed by atoms with Crippen molar-refractivity contribution >= 4 is 23.2 Å². The number of carbonyl (C=O) groups is 1. The van der Waals surface area contributed by atoms with Crippen molar-refractivity contribution in [2.24, 2.45) is 0 Å². The van der Waals surface area contributed by atoms with Gasteiger partial charge in [-0.25, -0.2) is 0 Å². The van der Waals surface area contributed by atoms with Gasteiger partial charge in [0.05, 0.1) is 0 Å². The van der Waals surface area contributed by atoms with Crippen LogP contribution in [0.15, 0.2) is 48.5 Å². The minimum Gasteiger partial charge on any atom is -0.384 e. The molecule has 4 heteroatoms. The zero-order valence-corrected chi connectivity index (χ0v) is 14.4. The molecule has 0 unspecified atom stereocenters. The largest absolute Gasteiger partial charge is 0.384 e. The zero-order valence-electron chi connectivity index (χ0n) is 13.7. The lowest BCUT2D eigenvalue weighted by Crippen LogP contribution is -2.31. The maximum Gasteiger partial charge on any atom is 0.224 e. The number of halogens is 1. The Bertz CT molecular complexity index is 643. The van der Waals surface area contributed by atoms with Gasteiger partial charge in [-0.05, 0) is 37.1 Å². The Morgan fingerprint density at radius 3 is 2.57 bits per heavy atom. The monoisotopic (exact) mass is 330 g/mol. The normalized spacial score (nSPS) is 10.4. The molecule has 2 aromatic rings. The molecule has 0 fully saturated rings. The third-order valence-corrected chi connectivity index (χ3v) is 4.28. The fourth-order valence-electron chi connectivity index (χ4n) is 2.44. The third kappa shape index (κ3) is 5.00. The number of rotatable bonds is 7. The minimum atomic E-state index is 0.156. The molecule has 0 atom stereocenters. The molecule has 0 aliphatic carbocycles. The highest BCUT2D eigenvalue weighted by atomic mass is 35.5. The van der Waals surface area contributed by atoms with Crippen molar-refractivity contribution in [3.8, 4) is 0 Å². The number of nitrogens with one attached hydrogen (secondary N) is 1. The van der Waals surface area contributed by atoms with Gasteiger partial charge in [0.15, 0.2) is 0 Å². The first-order chi connectivity index (χ1) is 11.1. The van der Waals surface area contributed by atoms with Gasteiger partial charge in [-0.1, -0.05) is 48.0 Å². The van der Waals surface area contributed by atoms with Gasteiger partial charge in [-0.2, -0.15) is 0 Å². The number of anilines is 1. The fraction of sp³-hybridized carbons (Fsp3) is 0.316. The first kappa shape index (κ1) is 17.4. The fourth-order valence-corrected chi connectivity index (χ4v) is 2.62. The molecule has 1 N–H and O–H groups in total. The summed E-state index contributed by atoms with van der Waals surface area (Å²) in [5, 5.41) is 4.03. The van der Waals surface area contributed by atoms with Crippen molar-refractivity contribution in [1.29, 1.82) is 0 Å². The summed E-state index contributed by atoms with van der Waals surface area (Å²) in [7, 11) is 0. The highest BCUT2D eigenvalue weighted by Gasteiger charge is 2.12. The SMILES string of the molecule is CCN(Cc1ccccc1)C(=O)CCNc1cccc(Cl)c1C. The van der Waals surface area contributed by atoms with Crippen LogP contribution >= 0.6 is 11.6 Å². The van der Waals surface area contributed by atoms with Crippen LogP contribution in [0.2, 0.25) is 5.02 Å². The molecule has 0 radical (unpaired) electrons. The topological polar surface area (TPSA) is 32.3 Å². The molecule has 0 heterocycles. The zero-order chi connectivity index (χ0) is 16.7. The molecule has 0 aliphatic heterocycles. The average molecular weight is 331 g/mol. The lowest BCUT2D eigenvalue weighted by Gasteiger charge is -2.21. The van der Waals surface area contributed by atoms with Crippen LogP contribution < -0.4 is 5.32 Å². The summed E-state index contributed by atoms with van der Waals surface area (Å²) in [6, 6.07) is 15.8. The molecule has 0 bridgehead atoms. The van der Waals surface area contributed by atoms with Crippen molar-refractivity contribution in [3.63, 3.8) is 0 Å². The van der Waals surface area contributed by atoms with Crippen molar-refractivity contribution < 1.29 is 4.79 Å². The number of hydrogen-bond acceptors (Lipinski definition) is 2. The summed E-state index contributed by atoms with van der Waals surface area (Å²) in [6.45, 7) is 5.96. The van der Waals surface area contributed by atoms with Gasteiger partial charge in [-0.15, -0.1) is 0 Å². The number of amides is 1. The standard InChI is InChI=1S/C19H23ClN2O/c1-3-22(14-16-8-5-4-6-9-16)19(23)12-13-21-18-11-7-10-17(20)15(18)2/h4-11,21H,3,12-14H2,1-2H3. The van der Waals surface area contributed by atoms with Crippen LogP contribution in [0.3, 0.4) is 0 Å². The Kier molecular flexibility index (Phi) is 6.48. The molecule has 122 valence electrons. The lowest BCUT2D eigenvalue weighted by molar-refractivity contribution is -0.131. The predicted octanol–water partition coefficient (Wildman–Crippen LogP) is 4.50. The van der Waals surface area contributed by atoms with E-state index in [1.165, 1.54) is 0 Å². The molecular formula is C19H23ClN2O.